The molecule has 8 heteroatoms. The maximum absolute atomic E-state index is 11.2. The van der Waals surface area contributed by atoms with Crippen molar-refractivity contribution >= 4 is 23.1 Å². The Morgan fingerprint density at radius 3 is 1.37 bits per heavy atom. The van der Waals surface area contributed by atoms with Gasteiger partial charge in [0.1, 0.15) is 5.75 Å². The van der Waals surface area contributed by atoms with Crippen LogP contribution in [0.2, 0.25) is 0 Å². The summed E-state index contributed by atoms with van der Waals surface area (Å²) in [5.74, 6) is -1.91. The molecule has 0 unspecified atom stereocenters. The van der Waals surface area contributed by atoms with Crippen molar-refractivity contribution in [3.63, 3.8) is 0 Å². The summed E-state index contributed by atoms with van der Waals surface area (Å²) in [6.45, 7) is 2.72. The summed E-state index contributed by atoms with van der Waals surface area (Å²) in [7, 11) is 1.36. The Bertz CT molecular complexity index is 1030. The molecule has 3 rings (SSSR count). The number of carbonyl (C=O) groups excluding carboxylic acids is 4. The average molecular weight is 508 g/mol. The van der Waals surface area contributed by atoms with Crippen LogP contribution in [0, 0.1) is 12.8 Å². The maximum Gasteiger partial charge on any atom is 0.110 e. The van der Waals surface area contributed by atoms with Gasteiger partial charge in [0.05, 0.1) is 18.7 Å². The predicted octanol–water partition coefficient (Wildman–Crippen LogP) is 3.17. The largest absolute Gasteiger partial charge is 0.873 e. The third kappa shape index (κ3) is 12.3. The monoisotopic (exact) mass is 508 g/mol. The van der Waals surface area contributed by atoms with Gasteiger partial charge in [-0.25, -0.2) is 0 Å². The summed E-state index contributed by atoms with van der Waals surface area (Å²) in [4.78, 5) is 43.5. The number of ketones is 4. The van der Waals surface area contributed by atoms with E-state index >= 15 is 0 Å². The smallest absolute Gasteiger partial charge is 0.110 e. The molecule has 7 nitrogen and oxygen atoms in total. The molecule has 0 aromatic heterocycles. The second kappa shape index (κ2) is 16.8. The van der Waals surface area contributed by atoms with E-state index in [1.54, 1.807) is 48.5 Å². The molecule has 0 fully saturated rings. The molecule has 0 N–H and O–H groups in total. The van der Waals surface area contributed by atoms with Crippen LogP contribution in [0.1, 0.15) is 34.6 Å². The minimum Gasteiger partial charge on any atom is -0.873 e. The van der Waals surface area contributed by atoms with Gasteiger partial charge in [0.25, 0.3) is 0 Å². The Morgan fingerprint density at radius 2 is 1.06 bits per heavy atom. The molecule has 0 bridgehead atoms. The molecule has 182 valence electrons. The van der Waals surface area contributed by atoms with Crippen LogP contribution in [0.4, 0.5) is 0 Å². The van der Waals surface area contributed by atoms with Gasteiger partial charge in [0.15, 0.2) is 0 Å². The van der Waals surface area contributed by atoms with Crippen LogP contribution in [0.5, 0.6) is 17.2 Å². The predicted molar refractivity (Wildman–Crippen MR) is 123 cm³/mol. The molecule has 35 heavy (non-hydrogen) atoms. The van der Waals surface area contributed by atoms with Crippen LogP contribution in [-0.2, 0) is 31.3 Å². The first-order valence-electron chi connectivity index (χ1n) is 10.1. The molecule has 0 aliphatic carbocycles. The number of Topliss-reactive ketones (excluding diaryl/α,β-unsaturated/α-hetero) is 4. The molecule has 0 atom stereocenters. The maximum atomic E-state index is 11.2. The Labute approximate surface area is 219 Å². The van der Waals surface area contributed by atoms with Gasteiger partial charge in [-0.15, -0.1) is 54.0 Å². The summed E-state index contributed by atoms with van der Waals surface area (Å²) in [6.07, 6.45) is 2.19. The molecule has 0 saturated carbocycles. The average Bonchev–Trinajstić information content (AvgIpc) is 2.82. The van der Waals surface area contributed by atoms with Crippen molar-refractivity contribution in [1.82, 2.24) is 0 Å². The molecule has 0 aliphatic rings. The third-order valence-corrected chi connectivity index (χ3v) is 3.95. The number of hydrogen-bond acceptors (Lipinski definition) is 7. The van der Waals surface area contributed by atoms with Crippen LogP contribution < -0.4 is 14.9 Å². The minimum absolute atomic E-state index is 0. The Kier molecular flexibility index (Phi) is 14.9. The first-order chi connectivity index (χ1) is 16.1. The van der Waals surface area contributed by atoms with E-state index in [2.05, 4.69) is 4.74 Å². The van der Waals surface area contributed by atoms with E-state index < -0.39 is 11.5 Å². The molecule has 0 radical (unpaired) electrons. The summed E-state index contributed by atoms with van der Waals surface area (Å²) < 4.78 is 4.61. The normalized spacial score (nSPS) is 8.89. The number of methoxy groups -OCH3 is 1. The summed E-state index contributed by atoms with van der Waals surface area (Å²) in [6, 6.07) is 21.6. The molecule has 0 saturated heterocycles. The van der Waals surface area contributed by atoms with Crippen LogP contribution in [0.3, 0.4) is 0 Å². The van der Waals surface area contributed by atoms with Gasteiger partial charge >= 0.3 is 0 Å². The zero-order valence-electron chi connectivity index (χ0n) is 19.5. The number of ether oxygens (including phenoxy) is 1. The van der Waals surface area contributed by atoms with E-state index in [1.807, 2.05) is 12.1 Å². The molecule has 3 aromatic rings. The van der Waals surface area contributed by atoms with E-state index in [0.717, 1.165) is 12.8 Å². The fourth-order valence-electron chi connectivity index (χ4n) is 2.40. The van der Waals surface area contributed by atoms with E-state index in [1.165, 1.54) is 39.2 Å². The first-order valence-corrected chi connectivity index (χ1v) is 10.1. The van der Waals surface area contributed by atoms with Crippen LogP contribution in [0.25, 0.3) is 0 Å². The first kappa shape index (κ1) is 31.2. The fourth-order valence-corrected chi connectivity index (χ4v) is 2.40. The van der Waals surface area contributed by atoms with Gasteiger partial charge in [-0.05, 0) is 19.9 Å². The van der Waals surface area contributed by atoms with Crippen molar-refractivity contribution in [2.75, 3.05) is 7.11 Å². The van der Waals surface area contributed by atoms with E-state index in [-0.39, 0.29) is 50.6 Å². The van der Waals surface area contributed by atoms with Gasteiger partial charge in [-0.1, -0.05) is 54.3 Å². The zero-order chi connectivity index (χ0) is 25.5. The molecule has 3 aromatic carbocycles. The Morgan fingerprint density at radius 1 is 0.657 bits per heavy atom. The molecular weight excluding hydrogens is 484 g/mol. The quantitative estimate of drug-likeness (QED) is 0.208. The zero-order valence-corrected chi connectivity index (χ0v) is 21.1. The van der Waals surface area contributed by atoms with Crippen molar-refractivity contribution in [2.24, 2.45) is 0 Å². The molecule has 0 spiro atoms. The number of hydrogen-bond donors (Lipinski definition) is 0. The molecule has 0 amide bonds. The van der Waals surface area contributed by atoms with E-state index in [9.17, 15) is 29.4 Å². The van der Waals surface area contributed by atoms with Crippen molar-refractivity contribution < 1.29 is 55.8 Å². The van der Waals surface area contributed by atoms with Crippen LogP contribution in [0.15, 0.2) is 78.9 Å². The Balaban J connectivity index is 0.000000491. The van der Waals surface area contributed by atoms with Gasteiger partial charge in [0, 0.05) is 33.3 Å². The standard InChI is InChI=1S/2C10H9O2.C7H8O3.Ti/c2*1-8(11)7-10(12)9-5-3-2-4-6-9;1-10-6-4-2-3-5(8)7(6)9;/h2*2-7H,1H3;2-4,8-9H,1H3;/q2*-1;;/p-2. The number of rotatable bonds is 7. The van der Waals surface area contributed by atoms with Crippen molar-refractivity contribution in [2.45, 2.75) is 13.8 Å². The molecule has 0 aliphatic heterocycles. The molecular formula is C27H24O7Ti-4. The number of benzene rings is 3. The second-order valence-corrected chi connectivity index (χ2v) is 6.76. The van der Waals surface area contributed by atoms with E-state index in [0.29, 0.717) is 11.1 Å². The topological polar surface area (TPSA) is 124 Å². The van der Waals surface area contributed by atoms with Gasteiger partial charge in [-0.3, -0.25) is 0 Å². The van der Waals surface area contributed by atoms with Crippen LogP contribution >= 0.6 is 0 Å². The summed E-state index contributed by atoms with van der Waals surface area (Å²) in [5.41, 5.74) is 1.10. The Hall–Kier alpha value is -3.81. The minimum atomic E-state index is -0.579. The van der Waals surface area contributed by atoms with Gasteiger partial charge in [-0.2, -0.15) is 0 Å². The SMILES string of the molecule is CC(=O)[CH-]C(=O)c1ccccc1.CC(=O)[CH-]C(=O)c1ccccc1.COc1cccc([O-])c1[O-].[Ti]. The second-order valence-electron chi connectivity index (χ2n) is 6.76. The van der Waals surface area contributed by atoms with Crippen molar-refractivity contribution in [3.8, 4) is 17.2 Å². The van der Waals surface area contributed by atoms with Crippen LogP contribution in [-0.4, -0.2) is 30.2 Å². The van der Waals surface area contributed by atoms with Crippen molar-refractivity contribution in [3.05, 3.63) is 103 Å². The van der Waals surface area contributed by atoms with Gasteiger partial charge < -0.3 is 34.1 Å². The summed E-state index contributed by atoms with van der Waals surface area (Å²) in [5, 5.41) is 21.4. The number of para-hydroxylation sites is 1. The van der Waals surface area contributed by atoms with Crippen molar-refractivity contribution in [1.29, 1.82) is 0 Å². The summed E-state index contributed by atoms with van der Waals surface area (Å²) >= 11 is 0. The number of carbonyl (C=O) groups is 4. The molecule has 0 heterocycles. The third-order valence-electron chi connectivity index (χ3n) is 3.95. The van der Waals surface area contributed by atoms with Gasteiger partial charge in [0.2, 0.25) is 0 Å². The fraction of sp³-hybridized carbons (Fsp3) is 0.111. The van der Waals surface area contributed by atoms with E-state index in [4.69, 9.17) is 0 Å².